The van der Waals surface area contributed by atoms with E-state index >= 15 is 0 Å². The maximum absolute atomic E-state index is 7.92. The van der Waals surface area contributed by atoms with Crippen LogP contribution in [0.25, 0.3) is 0 Å². The molecule has 0 aromatic heterocycles. The predicted octanol–water partition coefficient (Wildman–Crippen LogP) is 3.86. The molecule has 0 nitrogen and oxygen atoms in total. The van der Waals surface area contributed by atoms with Crippen LogP contribution < -0.4 is 0 Å². The summed E-state index contributed by atoms with van der Waals surface area (Å²) in [5.41, 5.74) is 0.455. The molecule has 1 aliphatic rings. The van der Waals surface area contributed by atoms with Gasteiger partial charge in [-0.25, -0.2) is 0 Å². The van der Waals surface area contributed by atoms with Gasteiger partial charge in [0.15, 0.2) is 0 Å². The summed E-state index contributed by atoms with van der Waals surface area (Å²) in [6.07, 6.45) is 4.69. The first-order chi connectivity index (χ1) is 5.31. The fourth-order valence-corrected chi connectivity index (χ4v) is 1.98. The largest absolute Gasteiger partial charge is 0.0625 e. The van der Waals surface area contributed by atoms with Crippen molar-refractivity contribution >= 4 is 0 Å². The molecule has 0 amide bonds. The second kappa shape index (κ2) is 3.16. The molecule has 0 spiro atoms. The molecular weight excluding hydrogens is 132 g/mol. The van der Waals surface area contributed by atoms with Gasteiger partial charge >= 0.3 is 0 Å². The molecule has 0 aromatic rings. The van der Waals surface area contributed by atoms with E-state index in [1.165, 1.54) is 12.8 Å². The van der Waals surface area contributed by atoms with Gasteiger partial charge in [-0.15, -0.1) is 0 Å². The summed E-state index contributed by atoms with van der Waals surface area (Å²) in [7, 11) is 0. The van der Waals surface area contributed by atoms with Gasteiger partial charge < -0.3 is 0 Å². The molecule has 0 bridgehead atoms. The zero-order chi connectivity index (χ0) is 9.41. The summed E-state index contributed by atoms with van der Waals surface area (Å²) in [6, 6.07) is 0. The molecule has 0 unspecified atom stereocenters. The van der Waals surface area contributed by atoms with E-state index in [4.69, 9.17) is 1.37 Å². The predicted molar refractivity (Wildman–Crippen MR) is 50.6 cm³/mol. The number of hydrogen-bond acceptors (Lipinski definition) is 0. The van der Waals surface area contributed by atoms with Gasteiger partial charge in [0, 0.05) is 1.37 Å². The van der Waals surface area contributed by atoms with E-state index in [-0.39, 0.29) is 5.89 Å². The Labute approximate surface area is 72.8 Å². The average Bonchev–Trinajstić information content (AvgIpc) is 1.83. The first kappa shape index (κ1) is 7.64. The first-order valence-corrected chi connectivity index (χ1v) is 4.81. The molecule has 0 heterocycles. The van der Waals surface area contributed by atoms with E-state index in [1.807, 2.05) is 0 Å². The lowest BCUT2D eigenvalue weighted by atomic mass is 9.70. The lowest BCUT2D eigenvalue weighted by molar-refractivity contribution is 0.155. The topological polar surface area (TPSA) is 0 Å². The summed E-state index contributed by atoms with van der Waals surface area (Å²) in [4.78, 5) is 0. The molecule has 11 heavy (non-hydrogen) atoms. The Bertz CT molecular complexity index is 143. The van der Waals surface area contributed by atoms with Crippen LogP contribution in [0.4, 0.5) is 0 Å². The number of hydrogen-bond donors (Lipinski definition) is 0. The van der Waals surface area contributed by atoms with E-state index in [9.17, 15) is 0 Å². The molecule has 0 aromatic carbocycles. The van der Waals surface area contributed by atoms with Crippen LogP contribution in [0.15, 0.2) is 0 Å². The summed E-state index contributed by atoms with van der Waals surface area (Å²) < 4.78 is 7.92. The van der Waals surface area contributed by atoms with Crippen LogP contribution in [0.5, 0.6) is 0 Å². The number of rotatable bonds is 0. The fourth-order valence-electron chi connectivity index (χ4n) is 1.98. The third-order valence-electron chi connectivity index (χ3n) is 3.06. The van der Waals surface area contributed by atoms with Gasteiger partial charge in [0.25, 0.3) is 0 Å². The van der Waals surface area contributed by atoms with Crippen molar-refractivity contribution in [1.82, 2.24) is 0 Å². The lowest BCUT2D eigenvalue weighted by Crippen LogP contribution is -2.24. The molecule has 0 N–H and O–H groups in total. The van der Waals surface area contributed by atoms with Crippen LogP contribution in [0.1, 0.15) is 54.7 Å². The van der Waals surface area contributed by atoms with Crippen LogP contribution in [0.2, 0.25) is 0 Å². The SMILES string of the molecule is [2H]C1(C)CCC(C(C)(C)C)CC1. The molecule has 0 atom stereocenters. The highest BCUT2D eigenvalue weighted by molar-refractivity contribution is 4.78. The molecule has 1 saturated carbocycles. The van der Waals surface area contributed by atoms with Gasteiger partial charge in [-0.2, -0.15) is 0 Å². The van der Waals surface area contributed by atoms with Gasteiger partial charge in [-0.1, -0.05) is 40.5 Å². The van der Waals surface area contributed by atoms with Gasteiger partial charge in [0.2, 0.25) is 0 Å². The van der Waals surface area contributed by atoms with Crippen molar-refractivity contribution in [2.24, 2.45) is 17.2 Å². The van der Waals surface area contributed by atoms with Gasteiger partial charge in [-0.3, -0.25) is 0 Å². The minimum atomic E-state index is -0.123. The molecule has 0 saturated heterocycles. The molecule has 0 heteroatoms. The van der Waals surface area contributed by atoms with E-state index in [2.05, 4.69) is 27.7 Å². The highest BCUT2D eigenvalue weighted by Gasteiger charge is 2.27. The first-order valence-electron chi connectivity index (χ1n) is 5.31. The van der Waals surface area contributed by atoms with Crippen molar-refractivity contribution in [2.45, 2.75) is 53.4 Å². The Balaban J connectivity index is 2.47. The van der Waals surface area contributed by atoms with Crippen molar-refractivity contribution in [1.29, 1.82) is 0 Å². The van der Waals surface area contributed by atoms with Crippen LogP contribution in [0, 0.1) is 17.2 Å². The summed E-state index contributed by atoms with van der Waals surface area (Å²) in [5, 5.41) is 0. The van der Waals surface area contributed by atoms with E-state index < -0.39 is 0 Å². The highest BCUT2D eigenvalue weighted by atomic mass is 14.3. The van der Waals surface area contributed by atoms with E-state index in [0.717, 1.165) is 18.8 Å². The molecular formula is C11H22. The molecule has 66 valence electrons. The van der Waals surface area contributed by atoms with Gasteiger partial charge in [0.1, 0.15) is 0 Å². The van der Waals surface area contributed by atoms with Crippen molar-refractivity contribution in [3.8, 4) is 0 Å². The van der Waals surface area contributed by atoms with Crippen LogP contribution in [-0.2, 0) is 0 Å². The summed E-state index contributed by atoms with van der Waals surface area (Å²) >= 11 is 0. The quantitative estimate of drug-likeness (QED) is 0.498. The van der Waals surface area contributed by atoms with E-state index in [1.54, 1.807) is 0 Å². The zero-order valence-electron chi connectivity index (χ0n) is 9.41. The smallest absolute Gasteiger partial charge is 0.0300 e. The van der Waals surface area contributed by atoms with Crippen LogP contribution in [0.3, 0.4) is 0 Å². The van der Waals surface area contributed by atoms with Gasteiger partial charge in [-0.05, 0) is 30.1 Å². The highest BCUT2D eigenvalue weighted by Crippen LogP contribution is 2.39. The molecule has 0 aliphatic heterocycles. The Morgan fingerprint density at radius 2 is 1.55 bits per heavy atom. The molecule has 1 rings (SSSR count). The standard InChI is InChI=1S/C11H22/c1-9-5-7-10(8-6-9)11(2,3)4/h9-10H,5-8H2,1-4H3/i9D. The second-order valence-corrected chi connectivity index (χ2v) is 5.10. The van der Waals surface area contributed by atoms with Crippen LogP contribution in [-0.4, -0.2) is 0 Å². The minimum absolute atomic E-state index is 0.123. The Hall–Kier alpha value is 0. The Morgan fingerprint density at radius 3 is 1.91 bits per heavy atom. The zero-order valence-corrected chi connectivity index (χ0v) is 8.41. The normalized spacial score (nSPS) is 41.8. The van der Waals surface area contributed by atoms with Crippen molar-refractivity contribution in [3.63, 3.8) is 0 Å². The van der Waals surface area contributed by atoms with Crippen molar-refractivity contribution in [2.75, 3.05) is 0 Å². The molecule has 1 fully saturated rings. The summed E-state index contributed by atoms with van der Waals surface area (Å²) in [5.74, 6) is 0.720. The molecule has 1 aliphatic carbocycles. The third kappa shape index (κ3) is 2.50. The Kier molecular flexibility index (Phi) is 2.20. The van der Waals surface area contributed by atoms with Crippen LogP contribution >= 0.6 is 0 Å². The Morgan fingerprint density at radius 1 is 1.09 bits per heavy atom. The average molecular weight is 155 g/mol. The minimum Gasteiger partial charge on any atom is -0.0625 e. The fraction of sp³-hybridized carbons (Fsp3) is 1.00. The summed E-state index contributed by atoms with van der Waals surface area (Å²) in [6.45, 7) is 9.05. The van der Waals surface area contributed by atoms with Gasteiger partial charge in [0.05, 0.1) is 0 Å². The molecule has 0 radical (unpaired) electrons. The van der Waals surface area contributed by atoms with Crippen molar-refractivity contribution < 1.29 is 1.37 Å². The van der Waals surface area contributed by atoms with E-state index in [0.29, 0.717) is 5.41 Å². The monoisotopic (exact) mass is 155 g/mol. The van der Waals surface area contributed by atoms with Crippen molar-refractivity contribution in [3.05, 3.63) is 0 Å². The maximum Gasteiger partial charge on any atom is 0.0300 e. The lowest BCUT2D eigenvalue weighted by Gasteiger charge is -2.35. The third-order valence-corrected chi connectivity index (χ3v) is 3.06. The maximum atomic E-state index is 7.92. The second-order valence-electron chi connectivity index (χ2n) is 5.10.